The number of amides is 1. The first-order chi connectivity index (χ1) is 27.0. The average Bonchev–Trinajstić information content (AvgIpc) is 3.40. The van der Waals surface area contributed by atoms with Crippen LogP contribution in [0.3, 0.4) is 0 Å². The molecule has 0 aromatic rings. The van der Waals surface area contributed by atoms with Crippen LogP contribution in [0.5, 0.6) is 0 Å². The Bertz CT molecular complexity index is 1410. The number of Topliss-reactive ketones (excluding diaryl/α,β-unsaturated/α-hetero) is 1. The topological polar surface area (TPSA) is 175 Å². The van der Waals surface area contributed by atoms with Gasteiger partial charge in [0.05, 0.1) is 47.6 Å². The molecule has 0 bridgehead atoms. The number of hydrogen-bond acceptors (Lipinski definition) is 15. The van der Waals surface area contributed by atoms with Gasteiger partial charge in [0.25, 0.3) is 0 Å². The number of ether oxygens (including phenoxy) is 8. The quantitative estimate of drug-likeness (QED) is 0.290. The molecular weight excluding hydrogens is 754 g/mol. The summed E-state index contributed by atoms with van der Waals surface area (Å²) in [6.45, 7) is 17.2. The summed E-state index contributed by atoms with van der Waals surface area (Å²) in [5, 5.41) is 22.7. The van der Waals surface area contributed by atoms with Crippen LogP contribution in [0.2, 0.25) is 0 Å². The van der Waals surface area contributed by atoms with Crippen LogP contribution in [-0.2, 0) is 47.5 Å². The number of fused-ring (bicyclic) bond motifs is 1. The Balaban J connectivity index is 1.87. The molecular formula is C42H75N3O13. The van der Waals surface area contributed by atoms with Crippen LogP contribution in [0.15, 0.2) is 0 Å². The number of methoxy groups -OCH3 is 2. The Morgan fingerprint density at radius 3 is 2.10 bits per heavy atom. The molecule has 0 aliphatic carbocycles. The number of carbonyl (C=O) groups excluding carboxylic acids is 3. The molecule has 4 aliphatic rings. The molecule has 16 heteroatoms. The molecule has 58 heavy (non-hydrogen) atoms. The van der Waals surface area contributed by atoms with Gasteiger partial charge in [0, 0.05) is 58.0 Å². The van der Waals surface area contributed by atoms with Crippen LogP contribution in [0.4, 0.5) is 4.79 Å². The maximum atomic E-state index is 14.6. The third-order valence-corrected chi connectivity index (χ3v) is 13.6. The minimum absolute atomic E-state index is 0.0408. The lowest BCUT2D eigenvalue weighted by Crippen LogP contribution is -2.61. The molecule has 4 heterocycles. The first-order valence-electron chi connectivity index (χ1n) is 21.1. The van der Waals surface area contributed by atoms with E-state index < -0.39 is 102 Å². The first kappa shape index (κ1) is 48.7. The molecule has 2 N–H and O–H groups in total. The molecule has 1 amide bonds. The predicted octanol–water partition coefficient (Wildman–Crippen LogP) is 3.22. The number of carbonyl (C=O) groups is 3. The van der Waals surface area contributed by atoms with Crippen molar-refractivity contribution in [3.8, 4) is 0 Å². The lowest BCUT2D eigenvalue weighted by Gasteiger charge is -2.49. The summed E-state index contributed by atoms with van der Waals surface area (Å²) < 4.78 is 51.0. The second-order valence-electron chi connectivity index (χ2n) is 18.5. The lowest BCUT2D eigenvalue weighted by molar-refractivity contribution is -0.319. The van der Waals surface area contributed by atoms with Gasteiger partial charge in [-0.15, -0.1) is 0 Å². The van der Waals surface area contributed by atoms with Crippen LogP contribution in [0, 0.1) is 17.8 Å². The third-order valence-electron chi connectivity index (χ3n) is 13.6. The van der Waals surface area contributed by atoms with Crippen molar-refractivity contribution in [2.45, 2.75) is 179 Å². The van der Waals surface area contributed by atoms with Crippen LogP contribution < -0.4 is 0 Å². The van der Waals surface area contributed by atoms with Gasteiger partial charge in [-0.2, -0.15) is 0 Å². The van der Waals surface area contributed by atoms with Gasteiger partial charge in [0.2, 0.25) is 0 Å². The number of cyclic esters (lactones) is 1. The molecule has 0 radical (unpaired) electrons. The van der Waals surface area contributed by atoms with Crippen molar-refractivity contribution in [3.05, 3.63) is 0 Å². The summed E-state index contributed by atoms with van der Waals surface area (Å²) in [6, 6.07) is -1.01. The molecule has 4 rings (SSSR count). The summed E-state index contributed by atoms with van der Waals surface area (Å²) in [4.78, 5) is 48.2. The van der Waals surface area contributed by atoms with Gasteiger partial charge in [0.15, 0.2) is 18.2 Å². The molecule has 0 aromatic carbocycles. The third kappa shape index (κ3) is 10.2. The van der Waals surface area contributed by atoms with Crippen molar-refractivity contribution in [1.82, 2.24) is 14.7 Å². The number of aliphatic hydroxyl groups excluding tert-OH is 2. The summed E-state index contributed by atoms with van der Waals surface area (Å²) in [6.07, 6.45) is -7.21. The lowest BCUT2D eigenvalue weighted by atomic mass is 9.75. The first-order valence-corrected chi connectivity index (χ1v) is 21.1. The number of aliphatic hydroxyl groups is 2. The van der Waals surface area contributed by atoms with Gasteiger partial charge in [-0.3, -0.25) is 14.5 Å². The number of hydrogen-bond donors (Lipinski definition) is 2. The fourth-order valence-corrected chi connectivity index (χ4v) is 9.58. The molecule has 16 nitrogen and oxygen atoms in total. The molecule has 0 saturated carbocycles. The van der Waals surface area contributed by atoms with Crippen molar-refractivity contribution in [1.29, 1.82) is 0 Å². The Morgan fingerprint density at radius 1 is 0.897 bits per heavy atom. The summed E-state index contributed by atoms with van der Waals surface area (Å²) in [7, 11) is 10.7. The Morgan fingerprint density at radius 2 is 1.53 bits per heavy atom. The predicted molar refractivity (Wildman–Crippen MR) is 214 cm³/mol. The highest BCUT2D eigenvalue weighted by Crippen LogP contribution is 2.43. The van der Waals surface area contributed by atoms with E-state index in [9.17, 15) is 24.6 Å². The number of likely N-dealkylation sites (N-methyl/N-ethyl adjacent to an activating group) is 2. The van der Waals surface area contributed by atoms with Crippen molar-refractivity contribution >= 4 is 17.8 Å². The summed E-state index contributed by atoms with van der Waals surface area (Å²) >= 11 is 0. The molecule has 0 spiro atoms. The highest BCUT2D eigenvalue weighted by atomic mass is 16.7. The van der Waals surface area contributed by atoms with E-state index >= 15 is 0 Å². The van der Waals surface area contributed by atoms with E-state index in [0.29, 0.717) is 25.9 Å². The van der Waals surface area contributed by atoms with Gasteiger partial charge < -0.3 is 57.9 Å². The van der Waals surface area contributed by atoms with Crippen LogP contribution in [-0.4, -0.2) is 182 Å². The second kappa shape index (κ2) is 19.4. The van der Waals surface area contributed by atoms with E-state index in [2.05, 4.69) is 0 Å². The van der Waals surface area contributed by atoms with Crippen molar-refractivity contribution in [3.63, 3.8) is 0 Å². The average molecular weight is 830 g/mol. The Hall–Kier alpha value is -1.99. The number of ketones is 1. The van der Waals surface area contributed by atoms with Gasteiger partial charge in [-0.1, -0.05) is 20.8 Å². The SMILES string of the molecule is CCC1OC(=O)C(C)C(O[C@H]2C[C@@](C)(OC)[C@@H](O)C(C)O2)C(C)[C@@H](OC2OC(C)CC(N(C)C)[C@H]2O)[C@@](C)(OC)C[C@@H](C)C(=O)C[C@H]2N(CCN(C)C)C(=O)O[C@]12C. The monoisotopic (exact) mass is 830 g/mol. The van der Waals surface area contributed by atoms with Crippen LogP contribution in [0.25, 0.3) is 0 Å². The molecule has 4 aliphatic heterocycles. The summed E-state index contributed by atoms with van der Waals surface area (Å²) in [5.41, 5.74) is -3.60. The number of nitrogens with zero attached hydrogens (tertiary/aromatic N) is 3. The largest absolute Gasteiger partial charge is 0.458 e. The van der Waals surface area contributed by atoms with Gasteiger partial charge in [0.1, 0.15) is 24.1 Å². The highest BCUT2D eigenvalue weighted by Gasteiger charge is 2.58. The zero-order valence-corrected chi connectivity index (χ0v) is 37.8. The van der Waals surface area contributed by atoms with Crippen molar-refractivity contribution in [2.75, 3.05) is 55.5 Å². The second-order valence-corrected chi connectivity index (χ2v) is 18.5. The molecule has 4 fully saturated rings. The maximum absolute atomic E-state index is 14.6. The van der Waals surface area contributed by atoms with Gasteiger partial charge in [-0.25, -0.2) is 4.79 Å². The van der Waals surface area contributed by atoms with Gasteiger partial charge >= 0.3 is 12.1 Å². The Kier molecular flexibility index (Phi) is 16.3. The van der Waals surface area contributed by atoms with E-state index in [1.807, 2.05) is 72.6 Å². The molecule has 4 saturated heterocycles. The van der Waals surface area contributed by atoms with Crippen molar-refractivity contribution in [2.24, 2.45) is 17.8 Å². The standard InChI is InChI=1S/C42H75N3O13/c1-16-31-42(9)30(45(39(50)58-42)18-17-43(10)11)20-29(46)23(2)21-41(8,52-15)36(57-38-33(47)28(44(12)13)19-24(3)53-38)25(4)34(26(5)37(49)55-31)56-32-22-40(7,51-14)35(48)27(6)54-32/h23-28,30-36,38,47-48H,16-22H2,1-15H3/t23-,24?,25?,26?,27?,28?,30-,31?,32+,33-,34?,35+,36-,38?,40-,41+,42+/m1/s1. The zero-order chi connectivity index (χ0) is 43.7. The number of esters is 1. The fraction of sp³-hybridized carbons (Fsp3) is 0.929. The highest BCUT2D eigenvalue weighted by molar-refractivity contribution is 5.83. The van der Waals surface area contributed by atoms with E-state index in [-0.39, 0.29) is 37.2 Å². The minimum Gasteiger partial charge on any atom is -0.458 e. The van der Waals surface area contributed by atoms with E-state index in [1.165, 1.54) is 7.11 Å². The Labute approximate surface area is 346 Å². The molecule has 336 valence electrons. The van der Waals surface area contributed by atoms with Gasteiger partial charge in [-0.05, 0) is 89.0 Å². The zero-order valence-electron chi connectivity index (χ0n) is 37.8. The molecule has 0 aromatic heterocycles. The van der Waals surface area contributed by atoms with Crippen molar-refractivity contribution < 1.29 is 62.5 Å². The maximum Gasteiger partial charge on any atom is 0.410 e. The smallest absolute Gasteiger partial charge is 0.410 e. The van der Waals surface area contributed by atoms with E-state index in [0.717, 1.165) is 0 Å². The van der Waals surface area contributed by atoms with Crippen LogP contribution >= 0.6 is 0 Å². The van der Waals surface area contributed by atoms with E-state index in [4.69, 9.17) is 37.9 Å². The molecule has 17 atom stereocenters. The normalized spacial score (nSPS) is 44.9. The summed E-state index contributed by atoms with van der Waals surface area (Å²) in [5.74, 6) is -3.01. The fourth-order valence-electron chi connectivity index (χ4n) is 9.58. The van der Waals surface area contributed by atoms with E-state index in [1.54, 1.807) is 39.7 Å². The minimum atomic E-state index is -1.35. The molecule has 8 unspecified atom stereocenters. The number of rotatable bonds is 11. The van der Waals surface area contributed by atoms with Crippen LogP contribution in [0.1, 0.15) is 94.4 Å².